The number of nitrogens with zero attached hydrogens (tertiary/aromatic N) is 2. The number of barbiturate groups is 1. The lowest BCUT2D eigenvalue weighted by Crippen LogP contribution is -2.58. The van der Waals surface area contributed by atoms with Crippen LogP contribution in [0.3, 0.4) is 0 Å². The minimum atomic E-state index is -1.29. The molecule has 1 atom stereocenters. The Bertz CT molecular complexity index is 1120. The highest BCUT2D eigenvalue weighted by atomic mass is 32.1. The highest BCUT2D eigenvalue weighted by Gasteiger charge is 2.40. The fourth-order valence-electron chi connectivity index (χ4n) is 3.86. The number of rotatable bonds is 5. The van der Waals surface area contributed by atoms with Crippen molar-refractivity contribution in [2.24, 2.45) is 10.9 Å². The Morgan fingerprint density at radius 3 is 2.66 bits per heavy atom. The number of nitrogens with one attached hydrogen (secondary N) is 1. The molecule has 0 radical (unpaired) electrons. The zero-order valence-corrected chi connectivity index (χ0v) is 18.7. The lowest BCUT2D eigenvalue weighted by atomic mass is 9.95. The first-order chi connectivity index (χ1) is 15.4. The van der Waals surface area contributed by atoms with Gasteiger partial charge in [0.2, 0.25) is 5.91 Å². The number of benzene rings is 1. The van der Waals surface area contributed by atoms with Crippen LogP contribution in [0.25, 0.3) is 0 Å². The van der Waals surface area contributed by atoms with Gasteiger partial charge in [-0.1, -0.05) is 17.7 Å². The van der Waals surface area contributed by atoms with Gasteiger partial charge in [-0.3, -0.25) is 14.9 Å². The molecule has 1 aromatic carbocycles. The van der Waals surface area contributed by atoms with E-state index < -0.39 is 29.7 Å². The predicted octanol–water partition coefficient (Wildman–Crippen LogP) is 3.71. The van der Waals surface area contributed by atoms with Crippen molar-refractivity contribution in [3.05, 3.63) is 45.8 Å². The zero-order valence-electron chi connectivity index (χ0n) is 17.8. The molecule has 9 heteroatoms. The number of carbonyl (C=O) groups is 4. The molecule has 0 bridgehead atoms. The van der Waals surface area contributed by atoms with Crippen LogP contribution in [0.4, 0.5) is 15.5 Å². The molecule has 4 amide bonds. The van der Waals surface area contributed by atoms with E-state index in [4.69, 9.17) is 4.74 Å². The molecule has 2 heterocycles. The van der Waals surface area contributed by atoms with Crippen LogP contribution in [0.15, 0.2) is 29.3 Å². The molecule has 1 aromatic heterocycles. The summed E-state index contributed by atoms with van der Waals surface area (Å²) in [7, 11) is 0. The summed E-state index contributed by atoms with van der Waals surface area (Å²) in [6.07, 6.45) is 4.87. The minimum Gasteiger partial charge on any atom is -0.462 e. The average Bonchev–Trinajstić information content (AvgIpc) is 3.13. The molecule has 4 rings (SSSR count). The third-order valence-corrected chi connectivity index (χ3v) is 6.67. The predicted molar refractivity (Wildman–Crippen MR) is 121 cm³/mol. The second kappa shape index (κ2) is 9.04. The van der Waals surface area contributed by atoms with E-state index in [0.29, 0.717) is 16.3 Å². The molecule has 0 spiro atoms. The number of hydrogen-bond donors (Lipinski definition) is 1. The van der Waals surface area contributed by atoms with Crippen LogP contribution in [0.1, 0.15) is 46.1 Å². The third kappa shape index (κ3) is 4.08. The first kappa shape index (κ1) is 21.9. The summed E-state index contributed by atoms with van der Waals surface area (Å²) in [6, 6.07) is 6.03. The molecular weight excluding hydrogens is 430 g/mol. The van der Waals surface area contributed by atoms with Crippen molar-refractivity contribution in [1.82, 2.24) is 5.32 Å². The van der Waals surface area contributed by atoms with Gasteiger partial charge in [-0.05, 0) is 57.2 Å². The van der Waals surface area contributed by atoms with E-state index in [1.165, 1.54) is 17.6 Å². The van der Waals surface area contributed by atoms with Gasteiger partial charge in [0, 0.05) is 11.1 Å². The van der Waals surface area contributed by atoms with Gasteiger partial charge in [-0.2, -0.15) is 0 Å². The number of imide groups is 2. The first-order valence-corrected chi connectivity index (χ1v) is 11.3. The van der Waals surface area contributed by atoms with Crippen LogP contribution >= 0.6 is 11.3 Å². The molecular formula is C23H23N3O5S. The van der Waals surface area contributed by atoms with Gasteiger partial charge >= 0.3 is 12.0 Å². The van der Waals surface area contributed by atoms with E-state index in [1.54, 1.807) is 31.2 Å². The van der Waals surface area contributed by atoms with E-state index in [0.717, 1.165) is 46.6 Å². The lowest BCUT2D eigenvalue weighted by Gasteiger charge is -2.28. The molecule has 1 saturated heterocycles. The zero-order chi connectivity index (χ0) is 22.8. The number of anilines is 1. The van der Waals surface area contributed by atoms with Gasteiger partial charge in [-0.25, -0.2) is 19.5 Å². The van der Waals surface area contributed by atoms with Crippen LogP contribution in [-0.4, -0.2) is 36.6 Å². The fraction of sp³-hybridized carbons (Fsp3) is 0.348. The normalized spacial score (nSPS) is 18.6. The number of thiophene rings is 1. The second-order valence-corrected chi connectivity index (χ2v) is 8.75. The van der Waals surface area contributed by atoms with E-state index in [9.17, 15) is 19.2 Å². The van der Waals surface area contributed by atoms with E-state index in [1.807, 2.05) is 6.92 Å². The standard InChI is InChI=1S/C23H23N3O5S/c1-3-31-22(29)18-15-6-4-5-7-17(15)32-20(18)24-12-16-19(27)25-23(30)26(21(16)28)14-10-8-13(2)9-11-14/h8-12,16H,3-7H2,1-2H3,(H,25,27,30)/t16-/m0/s1. The molecule has 8 nitrogen and oxygen atoms in total. The number of urea groups is 1. The van der Waals surface area contributed by atoms with Gasteiger partial charge in [0.15, 0.2) is 5.92 Å². The summed E-state index contributed by atoms with van der Waals surface area (Å²) < 4.78 is 5.22. The molecule has 2 aliphatic rings. The summed E-state index contributed by atoms with van der Waals surface area (Å²) >= 11 is 1.38. The number of aryl methyl sites for hydroxylation is 2. The molecule has 1 fully saturated rings. The fourth-order valence-corrected chi connectivity index (χ4v) is 5.09. The Kier molecular flexibility index (Phi) is 6.18. The summed E-state index contributed by atoms with van der Waals surface area (Å²) in [5.74, 6) is -3.17. The minimum absolute atomic E-state index is 0.240. The van der Waals surface area contributed by atoms with Crippen molar-refractivity contribution >= 4 is 52.1 Å². The van der Waals surface area contributed by atoms with E-state index in [-0.39, 0.29) is 6.61 Å². The van der Waals surface area contributed by atoms with Gasteiger partial charge in [0.25, 0.3) is 5.91 Å². The van der Waals surface area contributed by atoms with Crippen LogP contribution < -0.4 is 10.2 Å². The van der Waals surface area contributed by atoms with E-state index in [2.05, 4.69) is 10.3 Å². The Hall–Kier alpha value is -3.33. The first-order valence-electron chi connectivity index (χ1n) is 10.5. The number of fused-ring (bicyclic) bond motifs is 1. The van der Waals surface area contributed by atoms with Gasteiger partial charge in [0.1, 0.15) is 5.00 Å². The van der Waals surface area contributed by atoms with Crippen molar-refractivity contribution < 1.29 is 23.9 Å². The van der Waals surface area contributed by atoms with Crippen LogP contribution in [0.5, 0.6) is 0 Å². The molecule has 0 unspecified atom stereocenters. The van der Waals surface area contributed by atoms with Crippen LogP contribution in [0.2, 0.25) is 0 Å². The molecule has 166 valence electrons. The highest BCUT2D eigenvalue weighted by Crippen LogP contribution is 2.40. The highest BCUT2D eigenvalue weighted by molar-refractivity contribution is 7.16. The smallest absolute Gasteiger partial charge is 0.341 e. The number of carbonyl (C=O) groups excluding carboxylic acids is 4. The Labute approximate surface area is 189 Å². The average molecular weight is 454 g/mol. The largest absolute Gasteiger partial charge is 0.462 e. The van der Waals surface area contributed by atoms with Crippen molar-refractivity contribution in [2.45, 2.75) is 39.5 Å². The Morgan fingerprint density at radius 2 is 1.94 bits per heavy atom. The molecule has 0 saturated carbocycles. The van der Waals surface area contributed by atoms with Gasteiger partial charge < -0.3 is 4.74 Å². The molecule has 32 heavy (non-hydrogen) atoms. The SMILES string of the molecule is CCOC(=O)c1c(N=C[C@H]2C(=O)NC(=O)N(c3ccc(C)cc3)C2=O)sc2c1CCCC2. The van der Waals surface area contributed by atoms with Crippen molar-refractivity contribution in [2.75, 3.05) is 11.5 Å². The van der Waals surface area contributed by atoms with Crippen LogP contribution in [0, 0.1) is 12.8 Å². The maximum absolute atomic E-state index is 13.0. The summed E-state index contributed by atoms with van der Waals surface area (Å²) in [6.45, 7) is 3.87. The summed E-state index contributed by atoms with van der Waals surface area (Å²) in [5, 5.41) is 2.64. The second-order valence-electron chi connectivity index (χ2n) is 7.67. The quantitative estimate of drug-likeness (QED) is 0.422. The number of amides is 4. The number of esters is 1. The molecule has 1 aliphatic heterocycles. The Balaban J connectivity index is 1.66. The summed E-state index contributed by atoms with van der Waals surface area (Å²) in [5.41, 5.74) is 2.70. The van der Waals surface area contributed by atoms with E-state index >= 15 is 0 Å². The summed E-state index contributed by atoms with van der Waals surface area (Å²) in [4.78, 5) is 56.8. The number of hydrogen-bond acceptors (Lipinski definition) is 7. The van der Waals surface area contributed by atoms with Crippen molar-refractivity contribution in [1.29, 1.82) is 0 Å². The van der Waals surface area contributed by atoms with Crippen molar-refractivity contribution in [3.63, 3.8) is 0 Å². The van der Waals surface area contributed by atoms with Gasteiger partial charge in [-0.15, -0.1) is 11.3 Å². The van der Waals surface area contributed by atoms with Gasteiger partial charge in [0.05, 0.1) is 17.9 Å². The number of ether oxygens (including phenoxy) is 1. The molecule has 2 aromatic rings. The molecule has 1 aliphatic carbocycles. The molecule has 1 N–H and O–H groups in total. The maximum atomic E-state index is 13.0. The topological polar surface area (TPSA) is 105 Å². The maximum Gasteiger partial charge on any atom is 0.341 e. The number of aliphatic imine (C=N–C) groups is 1. The monoisotopic (exact) mass is 453 g/mol. The Morgan fingerprint density at radius 1 is 1.22 bits per heavy atom. The lowest BCUT2D eigenvalue weighted by molar-refractivity contribution is -0.131. The van der Waals surface area contributed by atoms with Crippen molar-refractivity contribution in [3.8, 4) is 0 Å². The van der Waals surface area contributed by atoms with Crippen LogP contribution in [-0.2, 0) is 27.2 Å². The third-order valence-electron chi connectivity index (χ3n) is 5.47.